The smallest absolute Gasteiger partial charge is 0.224 e. The number of carbonyl (C=O) groups excluding carboxylic acids is 1. The van der Waals surface area contributed by atoms with E-state index in [0.29, 0.717) is 25.2 Å². The molecule has 19 heavy (non-hydrogen) atoms. The molecule has 1 aromatic carbocycles. The van der Waals surface area contributed by atoms with E-state index in [-0.39, 0.29) is 5.91 Å². The van der Waals surface area contributed by atoms with Gasteiger partial charge in [0.1, 0.15) is 5.75 Å². The number of benzene rings is 1. The lowest BCUT2D eigenvalue weighted by molar-refractivity contribution is -0.120. The van der Waals surface area contributed by atoms with E-state index in [9.17, 15) is 4.79 Å². The maximum atomic E-state index is 11.7. The maximum Gasteiger partial charge on any atom is 0.224 e. The number of aromatic nitrogens is 4. The Labute approximate surface area is 110 Å². The quantitative estimate of drug-likeness (QED) is 0.770. The monoisotopic (exact) mass is 261 g/mol. The number of nitrogens with one attached hydrogen (secondary N) is 2. The van der Waals surface area contributed by atoms with Gasteiger partial charge in [0.15, 0.2) is 5.82 Å². The summed E-state index contributed by atoms with van der Waals surface area (Å²) in [6.07, 6.45) is 0.879. The lowest BCUT2D eigenvalue weighted by Crippen LogP contribution is -2.27. The molecule has 2 N–H and O–H groups in total. The predicted octanol–water partition coefficient (Wildman–Crippen LogP) is 0.110. The number of amides is 1. The summed E-state index contributed by atoms with van der Waals surface area (Å²) in [7, 11) is 1.60. The zero-order valence-electron chi connectivity index (χ0n) is 10.6. The van der Waals surface area contributed by atoms with E-state index < -0.39 is 0 Å². The van der Waals surface area contributed by atoms with Crippen LogP contribution in [0.5, 0.6) is 5.75 Å². The predicted molar refractivity (Wildman–Crippen MR) is 67.6 cm³/mol. The minimum absolute atomic E-state index is 0.0447. The van der Waals surface area contributed by atoms with Crippen LogP contribution in [0.2, 0.25) is 0 Å². The fourth-order valence-corrected chi connectivity index (χ4v) is 1.63. The molecule has 2 rings (SSSR count). The first kappa shape index (κ1) is 13.0. The van der Waals surface area contributed by atoms with E-state index in [1.165, 1.54) is 0 Å². The van der Waals surface area contributed by atoms with Crippen molar-refractivity contribution in [2.24, 2.45) is 0 Å². The Morgan fingerprint density at radius 1 is 1.47 bits per heavy atom. The minimum Gasteiger partial charge on any atom is -0.497 e. The van der Waals surface area contributed by atoms with E-state index in [1.807, 2.05) is 24.3 Å². The van der Waals surface area contributed by atoms with Crippen molar-refractivity contribution in [3.63, 3.8) is 0 Å². The first-order valence-corrected chi connectivity index (χ1v) is 5.90. The molecule has 0 aliphatic carbocycles. The number of aromatic amines is 1. The van der Waals surface area contributed by atoms with Crippen LogP contribution in [0.3, 0.4) is 0 Å². The zero-order valence-corrected chi connectivity index (χ0v) is 10.6. The zero-order chi connectivity index (χ0) is 13.5. The second-order valence-corrected chi connectivity index (χ2v) is 3.96. The van der Waals surface area contributed by atoms with Crippen molar-refractivity contribution in [1.29, 1.82) is 0 Å². The molecule has 1 amide bonds. The minimum atomic E-state index is -0.0447. The van der Waals surface area contributed by atoms with Gasteiger partial charge in [0, 0.05) is 13.0 Å². The maximum absolute atomic E-state index is 11.7. The van der Waals surface area contributed by atoms with Crippen molar-refractivity contribution in [2.45, 2.75) is 12.8 Å². The molecule has 1 aromatic heterocycles. The van der Waals surface area contributed by atoms with E-state index in [4.69, 9.17) is 4.74 Å². The molecule has 7 heteroatoms. The third kappa shape index (κ3) is 4.06. The number of H-pyrrole nitrogens is 1. The van der Waals surface area contributed by atoms with E-state index >= 15 is 0 Å². The van der Waals surface area contributed by atoms with Crippen molar-refractivity contribution in [3.05, 3.63) is 35.7 Å². The first-order valence-electron chi connectivity index (χ1n) is 5.90. The van der Waals surface area contributed by atoms with Crippen molar-refractivity contribution >= 4 is 5.91 Å². The summed E-state index contributed by atoms with van der Waals surface area (Å²) in [6.45, 7) is 0.488. The molecule has 0 unspecified atom stereocenters. The van der Waals surface area contributed by atoms with Crippen molar-refractivity contribution in [1.82, 2.24) is 25.9 Å². The molecule has 2 aromatic rings. The third-order valence-corrected chi connectivity index (χ3v) is 2.56. The Bertz CT molecular complexity index is 527. The number of ether oxygens (including phenoxy) is 1. The van der Waals surface area contributed by atoms with Gasteiger partial charge >= 0.3 is 0 Å². The van der Waals surface area contributed by atoms with Crippen molar-refractivity contribution < 1.29 is 9.53 Å². The highest BCUT2D eigenvalue weighted by Crippen LogP contribution is 2.12. The lowest BCUT2D eigenvalue weighted by atomic mass is 10.1. The van der Waals surface area contributed by atoms with E-state index in [0.717, 1.165) is 11.3 Å². The SMILES string of the molecule is COc1cccc(CC(=O)NCCc2nn[nH]n2)c1. The van der Waals surface area contributed by atoms with Crippen LogP contribution >= 0.6 is 0 Å². The summed E-state index contributed by atoms with van der Waals surface area (Å²) in [5.74, 6) is 1.29. The van der Waals surface area contributed by atoms with Crippen LogP contribution in [0, 0.1) is 0 Å². The average Bonchev–Trinajstić information content (AvgIpc) is 2.92. The molecule has 1 heterocycles. The van der Waals surface area contributed by atoms with Gasteiger partial charge in [0.25, 0.3) is 0 Å². The van der Waals surface area contributed by atoms with Gasteiger partial charge in [-0.15, -0.1) is 10.2 Å². The largest absolute Gasteiger partial charge is 0.497 e. The molecule has 0 atom stereocenters. The topological polar surface area (TPSA) is 92.8 Å². The van der Waals surface area contributed by atoms with Gasteiger partial charge in [-0.25, -0.2) is 0 Å². The van der Waals surface area contributed by atoms with Crippen LogP contribution in [-0.2, 0) is 17.6 Å². The molecule has 0 saturated heterocycles. The number of tetrazole rings is 1. The second kappa shape index (κ2) is 6.48. The summed E-state index contributed by atoms with van der Waals surface area (Å²) < 4.78 is 5.11. The fourth-order valence-electron chi connectivity index (χ4n) is 1.63. The number of rotatable bonds is 6. The molecule has 0 spiro atoms. The van der Waals surface area contributed by atoms with Gasteiger partial charge in [0.05, 0.1) is 13.5 Å². The summed E-state index contributed by atoms with van der Waals surface area (Å²) in [5.41, 5.74) is 0.913. The van der Waals surface area contributed by atoms with Crippen LogP contribution in [0.15, 0.2) is 24.3 Å². The summed E-state index contributed by atoms with van der Waals surface area (Å²) in [5, 5.41) is 16.2. The second-order valence-electron chi connectivity index (χ2n) is 3.96. The van der Waals surface area contributed by atoms with Crippen LogP contribution in [0.1, 0.15) is 11.4 Å². The molecule has 0 fully saturated rings. The normalized spacial score (nSPS) is 10.2. The third-order valence-electron chi connectivity index (χ3n) is 2.56. The molecular weight excluding hydrogens is 246 g/mol. The highest BCUT2D eigenvalue weighted by Gasteiger charge is 2.05. The van der Waals surface area contributed by atoms with Gasteiger partial charge in [-0.2, -0.15) is 5.21 Å². The standard InChI is InChI=1S/C12H15N5O2/c1-19-10-4-2-3-9(7-10)8-12(18)13-6-5-11-14-16-17-15-11/h2-4,7H,5-6,8H2,1H3,(H,13,18)(H,14,15,16,17). The number of nitrogens with zero attached hydrogens (tertiary/aromatic N) is 3. The van der Waals surface area contributed by atoms with Crippen LogP contribution < -0.4 is 10.1 Å². The van der Waals surface area contributed by atoms with Crippen molar-refractivity contribution in [3.8, 4) is 5.75 Å². The Balaban J connectivity index is 1.77. The fraction of sp³-hybridized carbons (Fsp3) is 0.333. The number of hydrogen-bond acceptors (Lipinski definition) is 5. The van der Waals surface area contributed by atoms with Crippen LogP contribution in [0.25, 0.3) is 0 Å². The average molecular weight is 261 g/mol. The number of hydrogen-bond donors (Lipinski definition) is 2. The summed E-state index contributed by atoms with van der Waals surface area (Å²) >= 11 is 0. The van der Waals surface area contributed by atoms with Crippen molar-refractivity contribution in [2.75, 3.05) is 13.7 Å². The Hall–Kier alpha value is -2.44. The molecular formula is C12H15N5O2. The highest BCUT2D eigenvalue weighted by atomic mass is 16.5. The highest BCUT2D eigenvalue weighted by molar-refractivity contribution is 5.78. The first-order chi connectivity index (χ1) is 9.28. The van der Waals surface area contributed by atoms with Crippen LogP contribution in [-0.4, -0.2) is 40.2 Å². The molecule has 0 saturated carbocycles. The number of methoxy groups -OCH3 is 1. The summed E-state index contributed by atoms with van der Waals surface area (Å²) in [6, 6.07) is 7.44. The van der Waals surface area contributed by atoms with Gasteiger partial charge in [-0.05, 0) is 17.7 Å². The summed E-state index contributed by atoms with van der Waals surface area (Å²) in [4.78, 5) is 11.7. The molecule has 7 nitrogen and oxygen atoms in total. The molecule has 0 aliphatic heterocycles. The van der Waals surface area contributed by atoms with Crippen LogP contribution in [0.4, 0.5) is 0 Å². The molecule has 0 bridgehead atoms. The van der Waals surface area contributed by atoms with Gasteiger partial charge in [-0.1, -0.05) is 17.3 Å². The Morgan fingerprint density at radius 3 is 3.11 bits per heavy atom. The Morgan fingerprint density at radius 2 is 2.37 bits per heavy atom. The number of carbonyl (C=O) groups is 1. The van der Waals surface area contributed by atoms with Gasteiger partial charge in [-0.3, -0.25) is 4.79 Å². The molecule has 100 valence electrons. The van der Waals surface area contributed by atoms with Gasteiger partial charge in [0.2, 0.25) is 5.91 Å². The molecule has 0 aliphatic rings. The lowest BCUT2D eigenvalue weighted by Gasteiger charge is -2.05. The Kier molecular flexibility index (Phi) is 4.44. The van der Waals surface area contributed by atoms with Gasteiger partial charge < -0.3 is 10.1 Å². The van der Waals surface area contributed by atoms with E-state index in [2.05, 4.69) is 25.9 Å². The molecule has 0 radical (unpaired) electrons. The van der Waals surface area contributed by atoms with E-state index in [1.54, 1.807) is 7.11 Å².